The molecular weight excluding hydrogens is 305 g/mol. The molecule has 1 aliphatic heterocycles. The van der Waals surface area contributed by atoms with Gasteiger partial charge in [-0.2, -0.15) is 0 Å². The van der Waals surface area contributed by atoms with Crippen molar-refractivity contribution in [1.29, 1.82) is 0 Å². The number of hydrogen-bond acceptors (Lipinski definition) is 1. The minimum absolute atomic E-state index is 0.0627. The summed E-state index contributed by atoms with van der Waals surface area (Å²) in [4.78, 5) is 14.6. The van der Waals surface area contributed by atoms with Crippen LogP contribution in [0.5, 0.6) is 0 Å². The average molecular weight is 329 g/mol. The Labute approximate surface area is 142 Å². The normalized spacial score (nSPS) is 16.8. The van der Waals surface area contributed by atoms with Gasteiger partial charge in [0.25, 0.3) is 0 Å². The van der Waals surface area contributed by atoms with Gasteiger partial charge in [-0.15, -0.1) is 0 Å². The van der Waals surface area contributed by atoms with E-state index in [1.54, 1.807) is 19.1 Å². The summed E-state index contributed by atoms with van der Waals surface area (Å²) in [6, 6.07) is 8.91. The Kier molecular flexibility index (Phi) is 4.60. The molecule has 0 radical (unpaired) electrons. The van der Waals surface area contributed by atoms with Gasteiger partial charge in [0.15, 0.2) is 0 Å². The molecule has 5 heteroatoms. The van der Waals surface area contributed by atoms with Crippen molar-refractivity contribution in [3.63, 3.8) is 0 Å². The van der Waals surface area contributed by atoms with E-state index in [2.05, 4.69) is 35.9 Å². The van der Waals surface area contributed by atoms with E-state index in [0.29, 0.717) is 17.8 Å². The first-order chi connectivity index (χ1) is 11.5. The first-order valence-corrected chi connectivity index (χ1v) is 8.51. The van der Waals surface area contributed by atoms with E-state index in [1.165, 1.54) is 17.5 Å². The van der Waals surface area contributed by atoms with Crippen LogP contribution in [0.3, 0.4) is 0 Å². The maximum absolute atomic E-state index is 13.7. The zero-order chi connectivity index (χ0) is 17.3. The Morgan fingerprint density at radius 1 is 1.25 bits per heavy atom. The molecule has 4 nitrogen and oxygen atoms in total. The summed E-state index contributed by atoms with van der Waals surface area (Å²) < 4.78 is 16.0. The third-order valence-corrected chi connectivity index (χ3v) is 4.76. The first kappa shape index (κ1) is 16.6. The summed E-state index contributed by atoms with van der Waals surface area (Å²) in [5.74, 6) is -0.305. The molecule has 1 atom stereocenters. The van der Waals surface area contributed by atoms with Gasteiger partial charge in [-0.1, -0.05) is 19.4 Å². The molecule has 0 saturated heterocycles. The number of anilines is 1. The van der Waals surface area contributed by atoms with Crippen molar-refractivity contribution in [3.05, 3.63) is 53.1 Å². The van der Waals surface area contributed by atoms with Crippen molar-refractivity contribution in [3.8, 4) is 0 Å². The van der Waals surface area contributed by atoms with E-state index in [-0.39, 0.29) is 17.9 Å². The summed E-state index contributed by atoms with van der Waals surface area (Å²) in [5.41, 5.74) is 3.48. The minimum atomic E-state index is -0.305. The molecule has 0 saturated carbocycles. The van der Waals surface area contributed by atoms with Crippen LogP contribution < -0.4 is 5.32 Å². The predicted octanol–water partition coefficient (Wildman–Crippen LogP) is 4.63. The molecular formula is C19H24FN3O. The van der Waals surface area contributed by atoms with Gasteiger partial charge in [-0.25, -0.2) is 9.18 Å². The van der Waals surface area contributed by atoms with Crippen LogP contribution >= 0.6 is 0 Å². The molecule has 2 heterocycles. The van der Waals surface area contributed by atoms with Gasteiger partial charge in [0, 0.05) is 30.2 Å². The van der Waals surface area contributed by atoms with E-state index in [4.69, 9.17) is 0 Å². The molecule has 24 heavy (non-hydrogen) atoms. The molecule has 1 aliphatic rings. The van der Waals surface area contributed by atoms with Gasteiger partial charge in [0.1, 0.15) is 5.82 Å². The Morgan fingerprint density at radius 2 is 2.04 bits per heavy atom. The van der Waals surface area contributed by atoms with Crippen LogP contribution in [-0.4, -0.2) is 22.0 Å². The summed E-state index contributed by atoms with van der Waals surface area (Å²) in [7, 11) is 0. The van der Waals surface area contributed by atoms with Crippen LogP contribution in [0.2, 0.25) is 0 Å². The fourth-order valence-electron chi connectivity index (χ4n) is 3.40. The largest absolute Gasteiger partial charge is 0.345 e. The molecule has 1 N–H and O–H groups in total. The summed E-state index contributed by atoms with van der Waals surface area (Å²) in [5, 5.41) is 2.84. The van der Waals surface area contributed by atoms with E-state index in [0.717, 1.165) is 19.4 Å². The smallest absolute Gasteiger partial charge is 0.322 e. The molecule has 2 amide bonds. The highest BCUT2D eigenvalue weighted by Crippen LogP contribution is 2.31. The van der Waals surface area contributed by atoms with Crippen LogP contribution in [-0.2, 0) is 6.54 Å². The molecule has 1 aromatic heterocycles. The number of amides is 2. The van der Waals surface area contributed by atoms with Crippen LogP contribution in [0.4, 0.5) is 14.9 Å². The van der Waals surface area contributed by atoms with E-state index in [1.807, 2.05) is 4.90 Å². The highest BCUT2D eigenvalue weighted by Gasteiger charge is 2.31. The molecule has 128 valence electrons. The fraction of sp³-hybridized carbons (Fsp3) is 0.421. The predicted molar refractivity (Wildman–Crippen MR) is 93.7 cm³/mol. The lowest BCUT2D eigenvalue weighted by Gasteiger charge is -2.37. The van der Waals surface area contributed by atoms with Crippen molar-refractivity contribution < 1.29 is 9.18 Å². The van der Waals surface area contributed by atoms with Crippen molar-refractivity contribution >= 4 is 11.7 Å². The highest BCUT2D eigenvalue weighted by atomic mass is 19.1. The standard InChI is InChI=1S/C19H24FN3O/c1-4-5-17-18-9-7-14(3)22(18)10-11-23(17)19(24)21-15-8-6-13(2)16(20)12-15/h6-9,12,17H,4-5,10-11H2,1-3H3,(H,21,24)/t17-/m0/s1. The maximum Gasteiger partial charge on any atom is 0.322 e. The van der Waals surface area contributed by atoms with E-state index in [9.17, 15) is 9.18 Å². The molecule has 0 fully saturated rings. The lowest BCUT2D eigenvalue weighted by Crippen LogP contribution is -2.44. The van der Waals surface area contributed by atoms with Gasteiger partial charge < -0.3 is 14.8 Å². The number of halogens is 1. The highest BCUT2D eigenvalue weighted by molar-refractivity contribution is 5.89. The topological polar surface area (TPSA) is 37.3 Å². The molecule has 1 aromatic carbocycles. The Morgan fingerprint density at radius 3 is 2.75 bits per heavy atom. The number of nitrogens with zero attached hydrogens (tertiary/aromatic N) is 2. The van der Waals surface area contributed by atoms with Crippen molar-refractivity contribution in [2.24, 2.45) is 0 Å². The quantitative estimate of drug-likeness (QED) is 0.875. The molecule has 0 aliphatic carbocycles. The zero-order valence-electron chi connectivity index (χ0n) is 14.5. The lowest BCUT2D eigenvalue weighted by molar-refractivity contribution is 0.162. The third kappa shape index (κ3) is 3.03. The average Bonchev–Trinajstić information content (AvgIpc) is 2.93. The van der Waals surface area contributed by atoms with Crippen LogP contribution in [0, 0.1) is 19.7 Å². The van der Waals surface area contributed by atoms with Gasteiger partial charge in [-0.3, -0.25) is 0 Å². The van der Waals surface area contributed by atoms with Crippen molar-refractivity contribution in [2.75, 3.05) is 11.9 Å². The number of aromatic nitrogens is 1. The Balaban J connectivity index is 1.81. The van der Waals surface area contributed by atoms with Crippen LogP contribution in [0.25, 0.3) is 0 Å². The number of hydrogen-bond donors (Lipinski definition) is 1. The number of carbonyl (C=O) groups excluding carboxylic acids is 1. The first-order valence-electron chi connectivity index (χ1n) is 8.51. The summed E-state index contributed by atoms with van der Waals surface area (Å²) in [6.45, 7) is 7.38. The number of aryl methyl sites for hydroxylation is 2. The number of benzene rings is 1. The molecule has 0 bridgehead atoms. The SMILES string of the molecule is CCC[C@H]1c2ccc(C)n2CCN1C(=O)Nc1ccc(C)c(F)c1. The van der Waals surface area contributed by atoms with E-state index < -0.39 is 0 Å². The molecule has 0 unspecified atom stereocenters. The second-order valence-electron chi connectivity index (χ2n) is 6.44. The second-order valence-corrected chi connectivity index (χ2v) is 6.44. The van der Waals surface area contributed by atoms with Gasteiger partial charge in [-0.05, 0) is 50.1 Å². The zero-order valence-corrected chi connectivity index (χ0v) is 14.5. The number of nitrogens with one attached hydrogen (secondary N) is 1. The fourth-order valence-corrected chi connectivity index (χ4v) is 3.40. The second kappa shape index (κ2) is 6.67. The monoisotopic (exact) mass is 329 g/mol. The molecule has 3 rings (SSSR count). The minimum Gasteiger partial charge on any atom is -0.345 e. The van der Waals surface area contributed by atoms with Gasteiger partial charge in [0.2, 0.25) is 0 Å². The van der Waals surface area contributed by atoms with Crippen LogP contribution in [0.1, 0.15) is 42.8 Å². The number of rotatable bonds is 3. The number of urea groups is 1. The van der Waals surface area contributed by atoms with E-state index >= 15 is 0 Å². The Hall–Kier alpha value is -2.30. The van der Waals surface area contributed by atoms with Crippen LogP contribution in [0.15, 0.2) is 30.3 Å². The maximum atomic E-state index is 13.7. The third-order valence-electron chi connectivity index (χ3n) is 4.76. The Bertz CT molecular complexity index is 753. The van der Waals surface area contributed by atoms with Gasteiger partial charge in [0.05, 0.1) is 6.04 Å². The molecule has 0 spiro atoms. The summed E-state index contributed by atoms with van der Waals surface area (Å²) >= 11 is 0. The summed E-state index contributed by atoms with van der Waals surface area (Å²) in [6.07, 6.45) is 1.91. The molecule has 2 aromatic rings. The van der Waals surface area contributed by atoms with Crippen molar-refractivity contribution in [1.82, 2.24) is 9.47 Å². The van der Waals surface area contributed by atoms with Gasteiger partial charge >= 0.3 is 6.03 Å². The number of fused-ring (bicyclic) bond motifs is 1. The number of carbonyl (C=O) groups is 1. The lowest BCUT2D eigenvalue weighted by atomic mass is 10.0. The van der Waals surface area contributed by atoms with Crippen molar-refractivity contribution in [2.45, 2.75) is 46.2 Å².